The van der Waals surface area contributed by atoms with Gasteiger partial charge in [0.25, 0.3) is 10.1 Å². The average molecular weight is 729 g/mol. The molecular weight excluding hydrogens is 677 g/mol. The number of unbranched alkanes of at least 4 members (excludes halogenated alkanes) is 2. The van der Waals surface area contributed by atoms with Crippen LogP contribution in [0.2, 0.25) is 0 Å². The van der Waals surface area contributed by atoms with Crippen molar-refractivity contribution < 1.29 is 35.3 Å². The Morgan fingerprint density at radius 3 is 1.96 bits per heavy atom. The molecule has 0 amide bonds. The maximum Gasteiger partial charge on any atom is 0.294 e. The van der Waals surface area contributed by atoms with Gasteiger partial charge in [-0.05, 0) is 93.9 Å². The predicted octanol–water partition coefficient (Wildman–Crippen LogP) is 8.10. The zero-order valence-corrected chi connectivity index (χ0v) is 31.9. The van der Waals surface area contributed by atoms with Crippen LogP contribution in [-0.2, 0) is 20.1 Å². The van der Waals surface area contributed by atoms with Crippen molar-refractivity contribution in [2.45, 2.75) is 77.5 Å². The van der Waals surface area contributed by atoms with Gasteiger partial charge in [-0.3, -0.25) is 13.7 Å². The fourth-order valence-corrected chi connectivity index (χ4v) is 6.24. The molecule has 0 bridgehead atoms. The molecule has 1 heterocycles. The van der Waals surface area contributed by atoms with Crippen LogP contribution in [0.1, 0.15) is 93.0 Å². The number of fused-ring (bicyclic) bond motifs is 1. The number of carbonyl (C=O) groups excluding carboxylic acids is 1. The lowest BCUT2D eigenvalue weighted by atomic mass is 9.96. The number of sulfonamides is 1. The fourth-order valence-electron chi connectivity index (χ4n) is 5.27. The molecule has 0 atom stereocenters. The van der Waals surface area contributed by atoms with E-state index in [-0.39, 0.29) is 16.6 Å². The average Bonchev–Trinajstić information content (AvgIpc) is 3.46. The number of nitrogens with zero attached hydrogens (tertiary/aromatic N) is 2. The Labute approximate surface area is 298 Å². The maximum absolute atomic E-state index is 13.7. The monoisotopic (exact) mass is 728 g/mol. The van der Waals surface area contributed by atoms with Crippen LogP contribution >= 0.6 is 0 Å². The Morgan fingerprint density at radius 1 is 0.860 bits per heavy atom. The Balaban J connectivity index is 0.000000521. The normalized spacial score (nSPS) is 11.9. The van der Waals surface area contributed by atoms with Gasteiger partial charge in [-0.15, -0.1) is 0 Å². The minimum atomic E-state index is -4.02. The largest absolute Gasteiger partial charge is 0.494 e. The number of hydrogen-bond acceptors (Lipinski definition) is 8. The lowest BCUT2D eigenvalue weighted by Crippen LogP contribution is -2.28. The number of benzene rings is 3. The van der Waals surface area contributed by atoms with Crippen molar-refractivity contribution in [3.05, 3.63) is 89.2 Å². The van der Waals surface area contributed by atoms with E-state index in [2.05, 4.69) is 18.7 Å². The maximum atomic E-state index is 13.7. The predicted molar refractivity (Wildman–Crippen MR) is 201 cm³/mol. The van der Waals surface area contributed by atoms with Crippen LogP contribution in [0, 0.1) is 6.92 Å². The smallest absolute Gasteiger partial charge is 0.294 e. The van der Waals surface area contributed by atoms with Crippen molar-refractivity contribution >= 4 is 42.6 Å². The van der Waals surface area contributed by atoms with Gasteiger partial charge in [-0.1, -0.05) is 58.2 Å². The third-order valence-electron chi connectivity index (χ3n) is 8.29. The van der Waals surface area contributed by atoms with Gasteiger partial charge < -0.3 is 14.1 Å². The molecule has 10 nitrogen and oxygen atoms in total. The van der Waals surface area contributed by atoms with E-state index in [4.69, 9.17) is 13.7 Å². The minimum Gasteiger partial charge on any atom is -0.494 e. The first kappa shape index (κ1) is 40.7. The first-order chi connectivity index (χ1) is 23.6. The Hall–Kier alpha value is -3.71. The molecular formula is C38H52N2O8S2. The minimum absolute atomic E-state index is 0.0238. The molecule has 0 spiro atoms. The molecule has 0 fully saturated rings. The van der Waals surface area contributed by atoms with Crippen molar-refractivity contribution in [1.82, 2.24) is 4.90 Å². The van der Waals surface area contributed by atoms with Crippen LogP contribution in [0.15, 0.2) is 76.0 Å². The van der Waals surface area contributed by atoms with Crippen molar-refractivity contribution in [1.29, 1.82) is 0 Å². The number of rotatable bonds is 17. The number of hydrogen-bond donors (Lipinski definition) is 1. The Kier molecular flexibility index (Phi) is 15.1. The zero-order chi connectivity index (χ0) is 37.1. The van der Waals surface area contributed by atoms with Gasteiger partial charge in [0.2, 0.25) is 10.0 Å². The van der Waals surface area contributed by atoms with Gasteiger partial charge in [-0.2, -0.15) is 8.42 Å². The second-order valence-corrected chi connectivity index (χ2v) is 16.2. The summed E-state index contributed by atoms with van der Waals surface area (Å²) in [7, 11) is -5.97. The SMILES string of the molecule is CCCCN(CCCC)CCCOc1ccc(C(=O)c2c(C(C)C)oc3ccc(N(C)S(C)(=O)=O)cc23)cc1.Cc1ccc(S(=O)(=O)O)cc1. The zero-order valence-electron chi connectivity index (χ0n) is 30.3. The summed E-state index contributed by atoms with van der Waals surface area (Å²) in [6.07, 6.45) is 6.96. The molecule has 0 unspecified atom stereocenters. The molecule has 274 valence electrons. The van der Waals surface area contributed by atoms with Crippen LogP contribution < -0.4 is 9.04 Å². The lowest BCUT2D eigenvalue weighted by molar-refractivity contribution is 0.103. The summed E-state index contributed by atoms with van der Waals surface area (Å²) in [4.78, 5) is 16.2. The summed E-state index contributed by atoms with van der Waals surface area (Å²) in [6.45, 7) is 14.2. The fraction of sp³-hybridized carbons (Fsp3) is 0.447. The highest BCUT2D eigenvalue weighted by Crippen LogP contribution is 2.35. The van der Waals surface area contributed by atoms with E-state index >= 15 is 0 Å². The lowest BCUT2D eigenvalue weighted by Gasteiger charge is -2.21. The van der Waals surface area contributed by atoms with Crippen molar-refractivity contribution in [3.8, 4) is 5.75 Å². The molecule has 4 rings (SSSR count). The molecule has 1 aromatic heterocycles. The highest BCUT2D eigenvalue weighted by molar-refractivity contribution is 7.92. The summed E-state index contributed by atoms with van der Waals surface area (Å²) in [6, 6.07) is 18.3. The van der Waals surface area contributed by atoms with E-state index in [9.17, 15) is 21.6 Å². The van der Waals surface area contributed by atoms with Gasteiger partial charge >= 0.3 is 0 Å². The van der Waals surface area contributed by atoms with E-state index in [0.29, 0.717) is 40.2 Å². The third kappa shape index (κ3) is 11.7. The summed E-state index contributed by atoms with van der Waals surface area (Å²) < 4.78 is 67.0. The van der Waals surface area contributed by atoms with Crippen molar-refractivity contribution in [2.24, 2.45) is 0 Å². The van der Waals surface area contributed by atoms with Crippen LogP contribution in [0.3, 0.4) is 0 Å². The summed E-state index contributed by atoms with van der Waals surface area (Å²) in [5.41, 5.74) is 2.98. The first-order valence-electron chi connectivity index (χ1n) is 17.1. The van der Waals surface area contributed by atoms with Crippen LogP contribution in [0.25, 0.3) is 11.0 Å². The van der Waals surface area contributed by atoms with E-state index in [0.717, 1.165) is 43.6 Å². The van der Waals surface area contributed by atoms with Gasteiger partial charge in [0, 0.05) is 30.5 Å². The van der Waals surface area contributed by atoms with E-state index in [1.807, 2.05) is 32.9 Å². The number of ether oxygens (including phenoxy) is 1. The second kappa shape index (κ2) is 18.5. The molecule has 0 saturated heterocycles. The molecule has 12 heteroatoms. The molecule has 0 aliphatic carbocycles. The van der Waals surface area contributed by atoms with Gasteiger partial charge in [0.05, 0.1) is 29.0 Å². The van der Waals surface area contributed by atoms with Crippen molar-refractivity contribution in [3.63, 3.8) is 0 Å². The molecule has 3 aromatic carbocycles. The molecule has 4 aromatic rings. The quantitative estimate of drug-likeness (QED) is 0.0650. The number of ketones is 1. The molecule has 1 N–H and O–H groups in total. The first-order valence-corrected chi connectivity index (χ1v) is 20.4. The molecule has 0 radical (unpaired) electrons. The number of furan rings is 1. The number of aryl methyl sites for hydroxylation is 1. The van der Waals surface area contributed by atoms with E-state index in [1.54, 1.807) is 42.5 Å². The second-order valence-electron chi connectivity index (χ2n) is 12.8. The Bertz CT molecular complexity index is 1890. The van der Waals surface area contributed by atoms with Gasteiger partial charge in [0.1, 0.15) is 17.1 Å². The van der Waals surface area contributed by atoms with Crippen molar-refractivity contribution in [2.75, 3.05) is 43.8 Å². The van der Waals surface area contributed by atoms with Crippen LogP contribution in [0.5, 0.6) is 5.75 Å². The topological polar surface area (TPSA) is 134 Å². The Morgan fingerprint density at radius 2 is 1.44 bits per heavy atom. The van der Waals surface area contributed by atoms with E-state index in [1.165, 1.54) is 49.2 Å². The molecule has 0 aliphatic rings. The van der Waals surface area contributed by atoms with Crippen LogP contribution in [-0.4, -0.2) is 71.6 Å². The summed E-state index contributed by atoms with van der Waals surface area (Å²) in [5.74, 6) is 1.14. The van der Waals surface area contributed by atoms with Gasteiger partial charge in [0.15, 0.2) is 5.78 Å². The number of anilines is 1. The number of carbonyl (C=O) groups is 1. The van der Waals surface area contributed by atoms with Crippen LogP contribution in [0.4, 0.5) is 5.69 Å². The third-order valence-corrected chi connectivity index (χ3v) is 10.4. The summed E-state index contributed by atoms with van der Waals surface area (Å²) in [5, 5.41) is 0.604. The highest BCUT2D eigenvalue weighted by Gasteiger charge is 2.25. The molecule has 0 saturated carbocycles. The van der Waals surface area contributed by atoms with Gasteiger partial charge in [-0.25, -0.2) is 8.42 Å². The molecule has 50 heavy (non-hydrogen) atoms. The molecule has 0 aliphatic heterocycles. The van der Waals surface area contributed by atoms with E-state index < -0.39 is 20.1 Å². The highest BCUT2D eigenvalue weighted by atomic mass is 32.2. The summed E-state index contributed by atoms with van der Waals surface area (Å²) >= 11 is 0. The standard InChI is InChI=1S/C31H44N2O5S.C7H8O3S/c1-7-9-18-33(19-10-8-2)20-11-21-37-26-15-12-24(13-16-26)30(34)29-27-22-25(32(5)39(6,35)36)14-17-28(27)38-31(29)23(3)4;1-6-2-4-7(5-3-6)11(8,9)10/h12-17,22-23H,7-11,18-21H2,1-6H3;2-5H,1H3,(H,8,9,10).